The smallest absolute Gasteiger partial charge is 0.271 e. The van der Waals surface area contributed by atoms with E-state index in [1.165, 1.54) is 17.4 Å². The van der Waals surface area contributed by atoms with Crippen molar-refractivity contribution in [3.05, 3.63) is 52.7 Å². The van der Waals surface area contributed by atoms with Crippen LogP contribution >= 0.6 is 11.3 Å². The molecule has 1 atom stereocenters. The minimum Gasteiger partial charge on any atom is -0.304 e. The zero-order valence-corrected chi connectivity index (χ0v) is 15.9. The zero-order chi connectivity index (χ0) is 19.4. The SMILES string of the molecule is Cc1cn2cc(-c3cc4ncn(C5CCB(C#N)C5)c(=O)c4s3)cc(F)c2n1. The average molecular weight is 391 g/mol. The van der Waals surface area contributed by atoms with E-state index in [0.29, 0.717) is 22.1 Å². The van der Waals surface area contributed by atoms with E-state index in [1.807, 2.05) is 19.2 Å². The van der Waals surface area contributed by atoms with Gasteiger partial charge in [0.05, 0.1) is 17.5 Å². The van der Waals surface area contributed by atoms with E-state index < -0.39 is 5.82 Å². The first kappa shape index (κ1) is 17.1. The van der Waals surface area contributed by atoms with Gasteiger partial charge in [-0.3, -0.25) is 9.36 Å². The third-order valence-corrected chi connectivity index (χ3v) is 6.52. The van der Waals surface area contributed by atoms with Gasteiger partial charge < -0.3 is 4.40 Å². The van der Waals surface area contributed by atoms with Crippen LogP contribution in [0.15, 0.2) is 35.6 Å². The highest BCUT2D eigenvalue weighted by molar-refractivity contribution is 7.22. The molecule has 9 heteroatoms. The lowest BCUT2D eigenvalue weighted by Gasteiger charge is -2.12. The molecule has 1 fully saturated rings. The number of thiophene rings is 1. The predicted molar refractivity (Wildman–Crippen MR) is 107 cm³/mol. The van der Waals surface area contributed by atoms with Crippen molar-refractivity contribution in [2.24, 2.45) is 0 Å². The zero-order valence-electron chi connectivity index (χ0n) is 15.1. The first-order valence-electron chi connectivity index (χ1n) is 9.09. The van der Waals surface area contributed by atoms with Gasteiger partial charge in [0.1, 0.15) is 4.70 Å². The standard InChI is InChI=1S/C19H15BFN5OS/c1-11-7-25-8-12(4-14(21)18(25)24-11)16-5-15-17(28-16)19(27)26(10-23-15)13-2-3-20(6-13)9-22/h4-5,7-8,10,13H,2-3,6H2,1H3. The normalized spacial score (nSPS) is 16.9. The van der Waals surface area contributed by atoms with Gasteiger partial charge in [0, 0.05) is 34.8 Å². The van der Waals surface area contributed by atoms with Crippen molar-refractivity contribution in [2.45, 2.75) is 32.0 Å². The van der Waals surface area contributed by atoms with Crippen LogP contribution in [0.3, 0.4) is 0 Å². The van der Waals surface area contributed by atoms with Crippen LogP contribution in [0.1, 0.15) is 18.2 Å². The lowest BCUT2D eigenvalue weighted by Crippen LogP contribution is -2.23. The van der Waals surface area contributed by atoms with E-state index in [0.717, 1.165) is 23.3 Å². The number of hydrogen-bond acceptors (Lipinski definition) is 5. The highest BCUT2D eigenvalue weighted by atomic mass is 32.1. The van der Waals surface area contributed by atoms with Crippen molar-refractivity contribution in [1.82, 2.24) is 18.9 Å². The van der Waals surface area contributed by atoms with Crippen molar-refractivity contribution in [2.75, 3.05) is 0 Å². The van der Waals surface area contributed by atoms with E-state index in [-0.39, 0.29) is 24.0 Å². The molecule has 1 saturated heterocycles. The molecule has 4 aromatic heterocycles. The maximum atomic E-state index is 14.4. The molecule has 1 aliphatic heterocycles. The molecule has 0 saturated carbocycles. The first-order chi connectivity index (χ1) is 13.5. The lowest BCUT2D eigenvalue weighted by atomic mass is 9.50. The molecule has 0 radical (unpaired) electrons. The van der Waals surface area contributed by atoms with Crippen molar-refractivity contribution in [1.29, 1.82) is 5.26 Å². The molecule has 0 amide bonds. The molecule has 0 bridgehead atoms. The molecule has 6 nitrogen and oxygen atoms in total. The minimum atomic E-state index is -0.401. The first-order valence-corrected chi connectivity index (χ1v) is 9.90. The van der Waals surface area contributed by atoms with Crippen molar-refractivity contribution in [3.63, 3.8) is 0 Å². The van der Waals surface area contributed by atoms with Gasteiger partial charge in [0.2, 0.25) is 0 Å². The minimum absolute atomic E-state index is 0.000155. The van der Waals surface area contributed by atoms with Crippen LogP contribution in [0.2, 0.25) is 12.6 Å². The van der Waals surface area contributed by atoms with E-state index in [1.54, 1.807) is 21.5 Å². The lowest BCUT2D eigenvalue weighted by molar-refractivity contribution is 0.531. The number of aromatic nitrogens is 4. The topological polar surface area (TPSA) is 76.0 Å². The van der Waals surface area contributed by atoms with Crippen molar-refractivity contribution >= 4 is 33.9 Å². The third kappa shape index (κ3) is 2.64. The number of pyridine rings is 1. The molecule has 0 spiro atoms. The van der Waals surface area contributed by atoms with Gasteiger partial charge in [0.25, 0.3) is 12.3 Å². The molecular formula is C19H15BFN5OS. The Morgan fingerprint density at radius 3 is 3.04 bits per heavy atom. The molecule has 5 heterocycles. The Hall–Kier alpha value is -2.99. The fourth-order valence-corrected chi connectivity index (χ4v) is 5.00. The summed E-state index contributed by atoms with van der Waals surface area (Å²) in [5.41, 5.74) is 2.23. The Bertz CT molecular complexity index is 1330. The van der Waals surface area contributed by atoms with E-state index >= 15 is 0 Å². The summed E-state index contributed by atoms with van der Waals surface area (Å²) in [6.07, 6.45) is 7.47. The maximum Gasteiger partial charge on any atom is 0.271 e. The number of aryl methyl sites for hydroxylation is 1. The Kier molecular flexibility index (Phi) is 3.84. The van der Waals surface area contributed by atoms with Crippen LogP contribution in [-0.4, -0.2) is 25.6 Å². The van der Waals surface area contributed by atoms with Crippen LogP contribution in [0, 0.1) is 24.0 Å². The Labute approximate surface area is 164 Å². The monoisotopic (exact) mass is 391 g/mol. The molecule has 0 aromatic carbocycles. The van der Waals surface area contributed by atoms with Gasteiger partial charge in [-0.05, 0) is 31.8 Å². The number of hydrogen-bond donors (Lipinski definition) is 0. The maximum absolute atomic E-state index is 14.4. The highest BCUT2D eigenvalue weighted by Crippen LogP contribution is 2.34. The molecule has 1 unspecified atom stereocenters. The second kappa shape index (κ2) is 6.28. The summed E-state index contributed by atoms with van der Waals surface area (Å²) in [4.78, 5) is 22.4. The second-order valence-electron chi connectivity index (χ2n) is 7.26. The summed E-state index contributed by atoms with van der Waals surface area (Å²) in [6, 6.07) is 3.28. The number of nitriles is 1. The summed E-state index contributed by atoms with van der Waals surface area (Å²) in [5, 5.41) is 9.11. The molecule has 0 N–H and O–H groups in total. The molecule has 1 aliphatic rings. The van der Waals surface area contributed by atoms with Gasteiger partial charge >= 0.3 is 0 Å². The van der Waals surface area contributed by atoms with Crippen LogP contribution in [0.4, 0.5) is 4.39 Å². The van der Waals surface area contributed by atoms with Gasteiger partial charge in [-0.15, -0.1) is 11.3 Å². The van der Waals surface area contributed by atoms with Gasteiger partial charge in [-0.25, -0.2) is 19.6 Å². The molecule has 28 heavy (non-hydrogen) atoms. The van der Waals surface area contributed by atoms with Crippen LogP contribution in [-0.2, 0) is 0 Å². The van der Waals surface area contributed by atoms with Crippen molar-refractivity contribution < 1.29 is 4.39 Å². The number of nitrogens with zero attached hydrogens (tertiary/aromatic N) is 5. The third-order valence-electron chi connectivity index (χ3n) is 5.35. The summed E-state index contributed by atoms with van der Waals surface area (Å²) < 4.78 is 18.3. The van der Waals surface area contributed by atoms with Gasteiger partial charge in [0.15, 0.2) is 11.5 Å². The Morgan fingerprint density at radius 1 is 1.39 bits per heavy atom. The van der Waals surface area contributed by atoms with Crippen molar-refractivity contribution in [3.8, 4) is 16.4 Å². The van der Waals surface area contributed by atoms with Crippen LogP contribution in [0.5, 0.6) is 0 Å². The fraction of sp³-hybridized carbons (Fsp3) is 0.263. The molecule has 0 aliphatic carbocycles. The van der Waals surface area contributed by atoms with E-state index in [2.05, 4.69) is 15.9 Å². The summed E-state index contributed by atoms with van der Waals surface area (Å²) in [5.74, 6) is 1.89. The van der Waals surface area contributed by atoms with Gasteiger partial charge in [-0.1, -0.05) is 6.32 Å². The van der Waals surface area contributed by atoms with E-state index in [9.17, 15) is 9.18 Å². The fourth-order valence-electron chi connectivity index (χ4n) is 3.97. The summed E-state index contributed by atoms with van der Waals surface area (Å²) in [6.45, 7) is 1.82. The molecule has 138 valence electrons. The Morgan fingerprint density at radius 2 is 2.25 bits per heavy atom. The van der Waals surface area contributed by atoms with Crippen LogP contribution < -0.4 is 5.56 Å². The second-order valence-corrected chi connectivity index (χ2v) is 8.32. The molecule has 4 aromatic rings. The molecular weight excluding hydrogens is 376 g/mol. The van der Waals surface area contributed by atoms with Crippen LogP contribution in [0.25, 0.3) is 26.3 Å². The highest BCUT2D eigenvalue weighted by Gasteiger charge is 2.30. The van der Waals surface area contributed by atoms with Gasteiger partial charge in [-0.2, -0.15) is 0 Å². The van der Waals surface area contributed by atoms with E-state index in [4.69, 9.17) is 5.26 Å². The predicted octanol–water partition coefficient (Wildman–Crippen LogP) is 3.72. The number of halogens is 1. The quantitative estimate of drug-likeness (QED) is 0.488. The number of rotatable bonds is 2. The molecule has 5 rings (SSSR count). The number of fused-ring (bicyclic) bond motifs is 2. The summed E-state index contributed by atoms with van der Waals surface area (Å²) in [7, 11) is 0. The average Bonchev–Trinajstić information content (AvgIpc) is 3.39. The number of imidazole rings is 1. The Balaban J connectivity index is 1.60. The summed E-state index contributed by atoms with van der Waals surface area (Å²) >= 11 is 1.32. The largest absolute Gasteiger partial charge is 0.304 e.